The lowest BCUT2D eigenvalue weighted by Gasteiger charge is -2.38. The van der Waals surface area contributed by atoms with Crippen LogP contribution < -0.4 is 10.6 Å². The van der Waals surface area contributed by atoms with Crippen LogP contribution in [0.5, 0.6) is 0 Å². The van der Waals surface area contributed by atoms with Crippen molar-refractivity contribution < 1.29 is 14.3 Å². The van der Waals surface area contributed by atoms with Crippen LogP contribution in [0.1, 0.15) is 34.6 Å². The van der Waals surface area contributed by atoms with Crippen LogP contribution in [-0.4, -0.2) is 54.7 Å². The molecule has 0 saturated carbocycles. The van der Waals surface area contributed by atoms with E-state index in [1.54, 1.807) is 0 Å². The number of nitrogens with one attached hydrogen (secondary N) is 2. The molecular formula is C14H27N3O3. The summed E-state index contributed by atoms with van der Waals surface area (Å²) in [4.78, 5) is 25.7. The molecule has 1 saturated heterocycles. The Morgan fingerprint density at radius 3 is 2.25 bits per heavy atom. The van der Waals surface area contributed by atoms with Crippen LogP contribution in [0.25, 0.3) is 0 Å². The van der Waals surface area contributed by atoms with E-state index in [0.717, 1.165) is 0 Å². The van der Waals surface area contributed by atoms with Gasteiger partial charge in [-0.3, -0.25) is 15.0 Å². The van der Waals surface area contributed by atoms with Gasteiger partial charge in [0.15, 0.2) is 0 Å². The molecule has 0 spiro atoms. The standard InChI is InChI=1S/C14H27N3O3/c1-9(2)6-15-14(19)16-13(18)12(5)17-7-10(3)20-11(4)8-17/h9-12H,6-8H2,1-5H3,(H2,15,16,18,19)/t10-,11-,12-/m0/s1. The van der Waals surface area contributed by atoms with Gasteiger partial charge in [0.25, 0.3) is 0 Å². The lowest BCUT2D eigenvalue weighted by molar-refractivity contribution is -0.130. The molecule has 6 heteroatoms. The molecule has 2 N–H and O–H groups in total. The van der Waals surface area contributed by atoms with Crippen LogP contribution in [0, 0.1) is 5.92 Å². The van der Waals surface area contributed by atoms with Gasteiger partial charge in [-0.25, -0.2) is 4.79 Å². The zero-order valence-electron chi connectivity index (χ0n) is 13.1. The highest BCUT2D eigenvalue weighted by Crippen LogP contribution is 2.13. The fourth-order valence-electron chi connectivity index (χ4n) is 2.26. The second-order valence-electron chi connectivity index (χ2n) is 5.98. The van der Waals surface area contributed by atoms with E-state index in [1.807, 2.05) is 39.5 Å². The van der Waals surface area contributed by atoms with E-state index in [9.17, 15) is 9.59 Å². The highest BCUT2D eigenvalue weighted by Gasteiger charge is 2.29. The minimum atomic E-state index is -0.426. The molecule has 3 amide bonds. The first-order chi connectivity index (χ1) is 9.29. The Labute approximate surface area is 121 Å². The van der Waals surface area contributed by atoms with Crippen LogP contribution in [0.15, 0.2) is 0 Å². The van der Waals surface area contributed by atoms with Gasteiger partial charge in [0, 0.05) is 19.6 Å². The van der Waals surface area contributed by atoms with Gasteiger partial charge < -0.3 is 10.1 Å². The van der Waals surface area contributed by atoms with Crippen molar-refractivity contribution >= 4 is 11.9 Å². The zero-order chi connectivity index (χ0) is 15.3. The Morgan fingerprint density at radius 1 is 1.20 bits per heavy atom. The molecule has 1 fully saturated rings. The van der Waals surface area contributed by atoms with Crippen molar-refractivity contribution in [3.05, 3.63) is 0 Å². The monoisotopic (exact) mass is 285 g/mol. The summed E-state index contributed by atoms with van der Waals surface area (Å²) in [5, 5.41) is 5.06. The summed E-state index contributed by atoms with van der Waals surface area (Å²) in [6, 6.07) is -0.765. The summed E-state index contributed by atoms with van der Waals surface area (Å²) in [7, 11) is 0. The SMILES string of the molecule is CC(C)CNC(=O)NC(=O)[C@H](C)N1C[C@H](C)O[C@@H](C)C1. The van der Waals surface area contributed by atoms with Crippen molar-refractivity contribution in [1.29, 1.82) is 0 Å². The summed E-state index contributed by atoms with van der Waals surface area (Å²) >= 11 is 0. The summed E-state index contributed by atoms with van der Waals surface area (Å²) in [5.41, 5.74) is 0. The topological polar surface area (TPSA) is 70.7 Å². The molecule has 1 aliphatic heterocycles. The van der Waals surface area contributed by atoms with Crippen molar-refractivity contribution in [3.63, 3.8) is 0 Å². The molecule has 1 rings (SSSR count). The maximum atomic E-state index is 12.1. The van der Waals surface area contributed by atoms with E-state index in [1.165, 1.54) is 0 Å². The number of morpholine rings is 1. The van der Waals surface area contributed by atoms with Crippen molar-refractivity contribution in [2.45, 2.75) is 52.9 Å². The van der Waals surface area contributed by atoms with E-state index in [0.29, 0.717) is 25.6 Å². The molecule has 0 radical (unpaired) electrons. The number of urea groups is 1. The van der Waals surface area contributed by atoms with Gasteiger partial charge in [-0.1, -0.05) is 13.8 Å². The predicted octanol–water partition coefficient (Wildman–Crippen LogP) is 0.966. The number of ether oxygens (including phenoxy) is 1. The molecule has 0 aromatic carbocycles. The molecule has 1 heterocycles. The van der Waals surface area contributed by atoms with E-state index < -0.39 is 6.03 Å². The van der Waals surface area contributed by atoms with Crippen molar-refractivity contribution in [2.75, 3.05) is 19.6 Å². The van der Waals surface area contributed by atoms with E-state index in [2.05, 4.69) is 10.6 Å². The predicted molar refractivity (Wildman–Crippen MR) is 77.4 cm³/mol. The van der Waals surface area contributed by atoms with Gasteiger partial charge in [-0.15, -0.1) is 0 Å². The third-order valence-corrected chi connectivity index (χ3v) is 3.28. The molecule has 0 unspecified atom stereocenters. The summed E-state index contributed by atoms with van der Waals surface area (Å²) in [6.07, 6.45) is 0.201. The van der Waals surface area contributed by atoms with Crippen LogP contribution >= 0.6 is 0 Å². The fourth-order valence-corrected chi connectivity index (χ4v) is 2.26. The van der Waals surface area contributed by atoms with Crippen molar-refractivity contribution in [3.8, 4) is 0 Å². The van der Waals surface area contributed by atoms with Crippen LogP contribution in [0.2, 0.25) is 0 Å². The van der Waals surface area contributed by atoms with Crippen molar-refractivity contribution in [1.82, 2.24) is 15.5 Å². The number of carbonyl (C=O) groups is 2. The van der Waals surface area contributed by atoms with Crippen molar-refractivity contribution in [2.24, 2.45) is 5.92 Å². The van der Waals surface area contributed by atoms with Gasteiger partial charge >= 0.3 is 6.03 Å². The fraction of sp³-hybridized carbons (Fsp3) is 0.857. The van der Waals surface area contributed by atoms with Gasteiger partial charge in [0.2, 0.25) is 5.91 Å². The maximum absolute atomic E-state index is 12.1. The highest BCUT2D eigenvalue weighted by molar-refractivity contribution is 5.96. The third-order valence-electron chi connectivity index (χ3n) is 3.28. The van der Waals surface area contributed by atoms with Gasteiger partial charge in [0.1, 0.15) is 0 Å². The zero-order valence-corrected chi connectivity index (χ0v) is 13.1. The number of hydrogen-bond acceptors (Lipinski definition) is 4. The molecule has 1 aliphatic rings. The molecule has 0 aromatic heterocycles. The number of rotatable bonds is 4. The smallest absolute Gasteiger partial charge is 0.321 e. The molecule has 0 aliphatic carbocycles. The number of amides is 3. The van der Waals surface area contributed by atoms with E-state index >= 15 is 0 Å². The molecular weight excluding hydrogens is 258 g/mol. The lowest BCUT2D eigenvalue weighted by atomic mass is 10.1. The molecule has 3 atom stereocenters. The average molecular weight is 285 g/mol. The Hall–Kier alpha value is -1.14. The largest absolute Gasteiger partial charge is 0.373 e. The normalized spacial score (nSPS) is 25.3. The minimum absolute atomic E-state index is 0.101. The first-order valence-corrected chi connectivity index (χ1v) is 7.27. The molecule has 0 aromatic rings. The second kappa shape index (κ2) is 7.59. The summed E-state index contributed by atoms with van der Waals surface area (Å²) < 4.78 is 5.64. The quantitative estimate of drug-likeness (QED) is 0.807. The molecule has 0 bridgehead atoms. The number of imide groups is 1. The lowest BCUT2D eigenvalue weighted by Crippen LogP contribution is -2.55. The van der Waals surface area contributed by atoms with Gasteiger partial charge in [0.05, 0.1) is 18.2 Å². The Morgan fingerprint density at radius 2 is 1.75 bits per heavy atom. The maximum Gasteiger partial charge on any atom is 0.321 e. The van der Waals surface area contributed by atoms with Crippen LogP contribution in [0.4, 0.5) is 4.79 Å². The third kappa shape index (κ3) is 5.46. The number of carbonyl (C=O) groups excluding carboxylic acids is 2. The summed E-state index contributed by atoms with van der Waals surface area (Å²) in [5.74, 6) is 0.0850. The van der Waals surface area contributed by atoms with Crippen LogP contribution in [-0.2, 0) is 9.53 Å². The van der Waals surface area contributed by atoms with Gasteiger partial charge in [-0.05, 0) is 26.7 Å². The first kappa shape index (κ1) is 16.9. The minimum Gasteiger partial charge on any atom is -0.373 e. The highest BCUT2D eigenvalue weighted by atomic mass is 16.5. The Kier molecular flexibility index (Phi) is 6.42. The molecule has 20 heavy (non-hydrogen) atoms. The van der Waals surface area contributed by atoms with E-state index in [-0.39, 0.29) is 24.2 Å². The second-order valence-corrected chi connectivity index (χ2v) is 5.98. The summed E-state index contributed by atoms with van der Waals surface area (Å²) in [6.45, 7) is 11.8. The first-order valence-electron chi connectivity index (χ1n) is 7.27. The Balaban J connectivity index is 2.43. The average Bonchev–Trinajstić information content (AvgIpc) is 2.34. The van der Waals surface area contributed by atoms with E-state index in [4.69, 9.17) is 4.74 Å². The molecule has 6 nitrogen and oxygen atoms in total. The number of hydrogen-bond donors (Lipinski definition) is 2. The molecule has 116 valence electrons. The van der Waals surface area contributed by atoms with Crippen LogP contribution in [0.3, 0.4) is 0 Å². The Bertz CT molecular complexity index is 337. The van der Waals surface area contributed by atoms with Gasteiger partial charge in [-0.2, -0.15) is 0 Å². The number of nitrogens with zero attached hydrogens (tertiary/aromatic N) is 1.